The van der Waals surface area contributed by atoms with Gasteiger partial charge in [-0.05, 0) is 48.2 Å². The molecular formula is C22H24N4O3. The third kappa shape index (κ3) is 3.44. The Hall–Kier alpha value is -3.35. The summed E-state index contributed by atoms with van der Waals surface area (Å²) in [5.41, 5.74) is 3.76. The Morgan fingerprint density at radius 1 is 1.14 bits per heavy atom. The summed E-state index contributed by atoms with van der Waals surface area (Å²) in [5.74, 6) is 2.10. The molecule has 0 N–H and O–H groups in total. The molecule has 1 amide bonds. The Bertz CT molecular complexity index is 1030. The quantitative estimate of drug-likeness (QED) is 0.668. The monoisotopic (exact) mass is 392 g/mol. The van der Waals surface area contributed by atoms with Gasteiger partial charge >= 0.3 is 0 Å². The SMILES string of the molecule is CCc1c(C(=O)N2CCc3cc(OC)c(OC)cc3C2)cnn1-c1ccccn1. The van der Waals surface area contributed by atoms with Crippen molar-refractivity contribution in [2.45, 2.75) is 26.3 Å². The summed E-state index contributed by atoms with van der Waals surface area (Å²) >= 11 is 0. The third-order valence-corrected chi connectivity index (χ3v) is 5.31. The van der Waals surface area contributed by atoms with E-state index in [-0.39, 0.29) is 5.91 Å². The predicted octanol–water partition coefficient (Wildman–Crippen LogP) is 3.05. The van der Waals surface area contributed by atoms with Gasteiger partial charge in [0.15, 0.2) is 17.3 Å². The number of ether oxygens (including phenoxy) is 2. The maximum Gasteiger partial charge on any atom is 0.257 e. The van der Waals surface area contributed by atoms with Crippen LogP contribution in [0.3, 0.4) is 0 Å². The molecule has 3 heterocycles. The van der Waals surface area contributed by atoms with Crippen LogP contribution in [0.5, 0.6) is 11.5 Å². The average Bonchev–Trinajstić information content (AvgIpc) is 3.21. The van der Waals surface area contributed by atoms with E-state index < -0.39 is 0 Å². The first-order chi connectivity index (χ1) is 14.2. The molecule has 29 heavy (non-hydrogen) atoms. The van der Waals surface area contributed by atoms with Crippen LogP contribution in [0, 0.1) is 0 Å². The van der Waals surface area contributed by atoms with Crippen molar-refractivity contribution in [1.29, 1.82) is 0 Å². The van der Waals surface area contributed by atoms with Crippen molar-refractivity contribution in [3.63, 3.8) is 0 Å². The summed E-state index contributed by atoms with van der Waals surface area (Å²) in [6.07, 6.45) is 4.84. The Labute approximate surface area is 169 Å². The van der Waals surface area contributed by atoms with Crippen LogP contribution in [-0.4, -0.2) is 46.3 Å². The highest BCUT2D eigenvalue weighted by Gasteiger charge is 2.27. The molecule has 150 valence electrons. The molecule has 2 aromatic heterocycles. The molecule has 1 aliphatic heterocycles. The minimum absolute atomic E-state index is 0.00975. The van der Waals surface area contributed by atoms with Gasteiger partial charge in [-0.1, -0.05) is 13.0 Å². The average molecular weight is 392 g/mol. The first-order valence-electron chi connectivity index (χ1n) is 9.67. The molecule has 1 aromatic carbocycles. The number of carbonyl (C=O) groups excluding carboxylic acids is 1. The lowest BCUT2D eigenvalue weighted by Crippen LogP contribution is -2.36. The molecule has 0 aliphatic carbocycles. The van der Waals surface area contributed by atoms with E-state index in [1.54, 1.807) is 31.3 Å². The molecule has 0 fully saturated rings. The van der Waals surface area contributed by atoms with Crippen molar-refractivity contribution in [2.24, 2.45) is 0 Å². The number of hydrogen-bond donors (Lipinski definition) is 0. The minimum Gasteiger partial charge on any atom is -0.493 e. The van der Waals surface area contributed by atoms with E-state index in [1.165, 1.54) is 5.56 Å². The van der Waals surface area contributed by atoms with Crippen LogP contribution in [-0.2, 0) is 19.4 Å². The summed E-state index contributed by atoms with van der Waals surface area (Å²) in [6.45, 7) is 3.21. The molecule has 0 spiro atoms. The summed E-state index contributed by atoms with van der Waals surface area (Å²) in [5, 5.41) is 4.44. The smallest absolute Gasteiger partial charge is 0.257 e. The molecule has 4 rings (SSSR count). The summed E-state index contributed by atoms with van der Waals surface area (Å²) < 4.78 is 12.6. The summed E-state index contributed by atoms with van der Waals surface area (Å²) in [4.78, 5) is 19.5. The lowest BCUT2D eigenvalue weighted by atomic mass is 9.98. The number of aromatic nitrogens is 3. The summed E-state index contributed by atoms with van der Waals surface area (Å²) in [7, 11) is 3.25. The van der Waals surface area contributed by atoms with Gasteiger partial charge in [-0.15, -0.1) is 0 Å². The van der Waals surface area contributed by atoms with Crippen LogP contribution < -0.4 is 9.47 Å². The van der Waals surface area contributed by atoms with Crippen LogP contribution >= 0.6 is 0 Å². The first kappa shape index (κ1) is 19.0. The fourth-order valence-electron chi connectivity index (χ4n) is 3.80. The highest BCUT2D eigenvalue weighted by atomic mass is 16.5. The van der Waals surface area contributed by atoms with Crippen LogP contribution in [0.25, 0.3) is 5.82 Å². The van der Waals surface area contributed by atoms with Crippen molar-refractivity contribution in [3.05, 3.63) is 65.1 Å². The van der Waals surface area contributed by atoms with E-state index in [0.717, 1.165) is 23.4 Å². The van der Waals surface area contributed by atoms with Crippen molar-refractivity contribution < 1.29 is 14.3 Å². The molecule has 3 aromatic rings. The lowest BCUT2D eigenvalue weighted by Gasteiger charge is -2.29. The Morgan fingerprint density at radius 3 is 2.55 bits per heavy atom. The molecule has 7 heteroatoms. The molecule has 0 radical (unpaired) electrons. The zero-order valence-corrected chi connectivity index (χ0v) is 16.9. The van der Waals surface area contributed by atoms with Gasteiger partial charge in [-0.3, -0.25) is 4.79 Å². The maximum absolute atomic E-state index is 13.3. The molecule has 0 saturated heterocycles. The second-order valence-corrected chi connectivity index (χ2v) is 6.91. The fourth-order valence-corrected chi connectivity index (χ4v) is 3.80. The van der Waals surface area contributed by atoms with Gasteiger partial charge in [-0.25, -0.2) is 9.67 Å². The molecule has 0 saturated carbocycles. The van der Waals surface area contributed by atoms with Gasteiger partial charge in [0, 0.05) is 19.3 Å². The van der Waals surface area contributed by atoms with E-state index >= 15 is 0 Å². The lowest BCUT2D eigenvalue weighted by molar-refractivity contribution is 0.0733. The van der Waals surface area contributed by atoms with Gasteiger partial charge in [0.25, 0.3) is 5.91 Å². The topological polar surface area (TPSA) is 69.5 Å². The number of nitrogens with zero attached hydrogens (tertiary/aromatic N) is 4. The Morgan fingerprint density at radius 2 is 1.90 bits per heavy atom. The van der Waals surface area contributed by atoms with Crippen molar-refractivity contribution >= 4 is 5.91 Å². The number of amides is 1. The van der Waals surface area contributed by atoms with Gasteiger partial charge in [0.05, 0.1) is 31.7 Å². The van der Waals surface area contributed by atoms with Gasteiger partial charge in [0.2, 0.25) is 0 Å². The fraction of sp³-hybridized carbons (Fsp3) is 0.318. The summed E-state index contributed by atoms with van der Waals surface area (Å²) in [6, 6.07) is 9.63. The number of rotatable bonds is 5. The van der Waals surface area contributed by atoms with Gasteiger partial charge in [0.1, 0.15) is 0 Å². The minimum atomic E-state index is -0.00975. The van der Waals surface area contributed by atoms with Gasteiger partial charge < -0.3 is 14.4 Å². The van der Waals surface area contributed by atoms with E-state index in [1.807, 2.05) is 42.2 Å². The van der Waals surface area contributed by atoms with E-state index in [4.69, 9.17) is 9.47 Å². The third-order valence-electron chi connectivity index (χ3n) is 5.31. The van der Waals surface area contributed by atoms with Crippen molar-refractivity contribution in [3.8, 4) is 17.3 Å². The number of carbonyl (C=O) groups is 1. The number of pyridine rings is 1. The highest BCUT2D eigenvalue weighted by Crippen LogP contribution is 2.33. The van der Waals surface area contributed by atoms with E-state index in [0.29, 0.717) is 36.6 Å². The molecular weight excluding hydrogens is 368 g/mol. The Balaban J connectivity index is 1.63. The molecule has 0 bridgehead atoms. The predicted molar refractivity (Wildman–Crippen MR) is 109 cm³/mol. The van der Waals surface area contributed by atoms with Gasteiger partial charge in [-0.2, -0.15) is 5.10 Å². The van der Waals surface area contributed by atoms with E-state index in [9.17, 15) is 4.79 Å². The largest absolute Gasteiger partial charge is 0.493 e. The zero-order chi connectivity index (χ0) is 20.4. The standard InChI is InChI=1S/C22H24N4O3/c1-4-18-17(13-24-26(18)21-7-5-6-9-23-21)22(27)25-10-8-15-11-19(28-2)20(29-3)12-16(15)14-25/h5-7,9,11-13H,4,8,10,14H2,1-3H3. The second-order valence-electron chi connectivity index (χ2n) is 6.91. The highest BCUT2D eigenvalue weighted by molar-refractivity contribution is 5.95. The van der Waals surface area contributed by atoms with Crippen LogP contribution in [0.1, 0.15) is 34.1 Å². The molecule has 1 aliphatic rings. The molecule has 7 nitrogen and oxygen atoms in total. The maximum atomic E-state index is 13.3. The number of methoxy groups -OCH3 is 2. The zero-order valence-electron chi connectivity index (χ0n) is 16.9. The molecule has 0 unspecified atom stereocenters. The first-order valence-corrected chi connectivity index (χ1v) is 9.67. The normalized spacial score (nSPS) is 13.1. The Kier molecular flexibility index (Phi) is 5.20. The van der Waals surface area contributed by atoms with Crippen LogP contribution in [0.15, 0.2) is 42.7 Å². The number of hydrogen-bond acceptors (Lipinski definition) is 5. The van der Waals surface area contributed by atoms with E-state index in [2.05, 4.69) is 10.1 Å². The van der Waals surface area contributed by atoms with Crippen LogP contribution in [0.4, 0.5) is 0 Å². The number of fused-ring (bicyclic) bond motifs is 1. The van der Waals surface area contributed by atoms with Crippen LogP contribution in [0.2, 0.25) is 0 Å². The van der Waals surface area contributed by atoms with Crippen molar-refractivity contribution in [1.82, 2.24) is 19.7 Å². The number of benzene rings is 1. The van der Waals surface area contributed by atoms with Crippen molar-refractivity contribution in [2.75, 3.05) is 20.8 Å². The molecule has 0 atom stereocenters. The second kappa shape index (κ2) is 7.95.